The lowest BCUT2D eigenvalue weighted by atomic mass is 9.91. The zero-order valence-corrected chi connectivity index (χ0v) is 11.9. The number of piperazine rings is 1. The van der Waals surface area contributed by atoms with Crippen LogP contribution in [0.5, 0.6) is 0 Å². The van der Waals surface area contributed by atoms with Crippen LogP contribution >= 0.6 is 0 Å². The predicted octanol–water partition coefficient (Wildman–Crippen LogP) is 0.0897. The number of rotatable bonds is 4. The van der Waals surface area contributed by atoms with E-state index in [1.807, 2.05) is 20.0 Å². The van der Waals surface area contributed by atoms with Crippen molar-refractivity contribution in [2.75, 3.05) is 13.1 Å². The van der Waals surface area contributed by atoms with Gasteiger partial charge in [0, 0.05) is 31.9 Å². The Hall–Kier alpha value is -1.85. The Labute approximate surface area is 118 Å². The summed E-state index contributed by atoms with van der Waals surface area (Å²) in [5.41, 5.74) is 0.374. The van der Waals surface area contributed by atoms with Crippen LogP contribution in [0.2, 0.25) is 0 Å². The second-order valence-electron chi connectivity index (χ2n) is 5.95. The molecule has 2 amide bonds. The fraction of sp³-hybridized carbons (Fsp3) is 0.643. The minimum absolute atomic E-state index is 0.0518. The molecular weight excluding hydrogens is 256 g/mol. The Morgan fingerprint density at radius 3 is 2.80 bits per heavy atom. The van der Waals surface area contributed by atoms with E-state index in [9.17, 15) is 9.59 Å². The van der Waals surface area contributed by atoms with Crippen LogP contribution in [-0.2, 0) is 23.1 Å². The van der Waals surface area contributed by atoms with Crippen molar-refractivity contribution < 1.29 is 9.59 Å². The lowest BCUT2D eigenvalue weighted by molar-refractivity contribution is -0.150. The Kier molecular flexibility index (Phi) is 3.03. The summed E-state index contributed by atoms with van der Waals surface area (Å²) < 4.78 is 1.80. The highest BCUT2D eigenvalue weighted by molar-refractivity contribution is 5.98. The molecule has 0 bridgehead atoms. The number of aryl methyl sites for hydroxylation is 1. The van der Waals surface area contributed by atoms with Gasteiger partial charge in [0.15, 0.2) is 0 Å². The molecule has 6 heteroatoms. The van der Waals surface area contributed by atoms with Crippen molar-refractivity contribution in [2.45, 2.75) is 31.7 Å². The third kappa shape index (κ3) is 2.19. The van der Waals surface area contributed by atoms with E-state index in [1.54, 1.807) is 15.8 Å². The van der Waals surface area contributed by atoms with Gasteiger partial charge in [-0.1, -0.05) is 0 Å². The highest BCUT2D eigenvalue weighted by Crippen LogP contribution is 2.41. The van der Waals surface area contributed by atoms with Crippen LogP contribution in [0.25, 0.3) is 0 Å². The zero-order valence-electron chi connectivity index (χ0n) is 11.9. The van der Waals surface area contributed by atoms with Crippen molar-refractivity contribution in [1.29, 1.82) is 0 Å². The number of aromatic nitrogens is 2. The highest BCUT2D eigenvalue weighted by Gasteiger charge is 2.52. The van der Waals surface area contributed by atoms with Gasteiger partial charge in [-0.3, -0.25) is 14.3 Å². The van der Waals surface area contributed by atoms with E-state index in [1.165, 1.54) is 0 Å². The number of carbonyl (C=O) groups is 2. The SMILES string of the molecule is Cn1nccc1CCN1CC(=O)NC(C)(C2CC2)C1=O. The maximum absolute atomic E-state index is 12.6. The van der Waals surface area contributed by atoms with Crippen LogP contribution in [0.3, 0.4) is 0 Å². The lowest BCUT2D eigenvalue weighted by Gasteiger charge is -2.40. The molecule has 108 valence electrons. The Morgan fingerprint density at radius 2 is 2.20 bits per heavy atom. The summed E-state index contributed by atoms with van der Waals surface area (Å²) in [5.74, 6) is 0.309. The summed E-state index contributed by atoms with van der Waals surface area (Å²) >= 11 is 0. The minimum atomic E-state index is -0.693. The average Bonchev–Trinajstić information content (AvgIpc) is 3.17. The molecule has 1 atom stereocenters. The van der Waals surface area contributed by atoms with Crippen molar-refractivity contribution >= 4 is 11.8 Å². The van der Waals surface area contributed by atoms with Gasteiger partial charge in [-0.15, -0.1) is 0 Å². The third-order valence-corrected chi connectivity index (χ3v) is 4.42. The zero-order chi connectivity index (χ0) is 14.3. The molecule has 1 aromatic heterocycles. The van der Waals surface area contributed by atoms with E-state index in [4.69, 9.17) is 0 Å². The minimum Gasteiger partial charge on any atom is -0.340 e. The molecule has 2 heterocycles. The second-order valence-corrected chi connectivity index (χ2v) is 5.95. The molecule has 1 aliphatic heterocycles. The molecule has 2 fully saturated rings. The van der Waals surface area contributed by atoms with Gasteiger partial charge < -0.3 is 10.2 Å². The second kappa shape index (κ2) is 4.61. The van der Waals surface area contributed by atoms with E-state index in [0.717, 1.165) is 25.0 Å². The number of hydrogen-bond donors (Lipinski definition) is 1. The fourth-order valence-corrected chi connectivity index (χ4v) is 2.97. The maximum atomic E-state index is 12.6. The van der Waals surface area contributed by atoms with E-state index in [-0.39, 0.29) is 18.4 Å². The molecule has 6 nitrogen and oxygen atoms in total. The average molecular weight is 276 g/mol. The molecule has 0 radical (unpaired) electrons. The molecule has 1 N–H and O–H groups in total. The summed E-state index contributed by atoms with van der Waals surface area (Å²) in [6.07, 6.45) is 4.51. The first-order valence-corrected chi connectivity index (χ1v) is 7.08. The summed E-state index contributed by atoms with van der Waals surface area (Å²) in [6.45, 7) is 2.59. The van der Waals surface area contributed by atoms with E-state index in [2.05, 4.69) is 10.4 Å². The molecule has 2 aliphatic rings. The highest BCUT2D eigenvalue weighted by atomic mass is 16.2. The molecule has 20 heavy (non-hydrogen) atoms. The topological polar surface area (TPSA) is 67.2 Å². The Bertz CT molecular complexity index is 549. The van der Waals surface area contributed by atoms with Gasteiger partial charge in [0.05, 0.1) is 6.54 Å². The van der Waals surface area contributed by atoms with Gasteiger partial charge in [-0.2, -0.15) is 5.10 Å². The van der Waals surface area contributed by atoms with E-state index < -0.39 is 5.54 Å². The smallest absolute Gasteiger partial charge is 0.248 e. The quantitative estimate of drug-likeness (QED) is 0.847. The summed E-state index contributed by atoms with van der Waals surface area (Å²) in [6, 6.07) is 1.94. The number of amides is 2. The molecule has 1 saturated heterocycles. The first-order chi connectivity index (χ1) is 9.50. The number of hydrogen-bond acceptors (Lipinski definition) is 3. The van der Waals surface area contributed by atoms with Crippen LogP contribution < -0.4 is 5.32 Å². The number of nitrogens with one attached hydrogen (secondary N) is 1. The summed E-state index contributed by atoms with van der Waals surface area (Å²) in [4.78, 5) is 26.2. The van der Waals surface area contributed by atoms with Gasteiger partial charge in [0.25, 0.3) is 0 Å². The predicted molar refractivity (Wildman–Crippen MR) is 72.8 cm³/mol. The maximum Gasteiger partial charge on any atom is 0.248 e. The number of carbonyl (C=O) groups excluding carboxylic acids is 2. The van der Waals surface area contributed by atoms with Crippen molar-refractivity contribution in [1.82, 2.24) is 20.0 Å². The van der Waals surface area contributed by atoms with E-state index >= 15 is 0 Å². The van der Waals surface area contributed by atoms with Crippen LogP contribution in [0.1, 0.15) is 25.5 Å². The van der Waals surface area contributed by atoms with Crippen LogP contribution in [0, 0.1) is 5.92 Å². The van der Waals surface area contributed by atoms with Crippen molar-refractivity contribution in [3.8, 4) is 0 Å². The van der Waals surface area contributed by atoms with Gasteiger partial charge in [0.2, 0.25) is 11.8 Å². The molecular formula is C14H20N4O2. The van der Waals surface area contributed by atoms with Crippen LogP contribution in [0.4, 0.5) is 0 Å². The molecule has 0 spiro atoms. The Morgan fingerprint density at radius 1 is 1.45 bits per heavy atom. The lowest BCUT2D eigenvalue weighted by Crippen LogP contribution is -2.66. The van der Waals surface area contributed by atoms with E-state index in [0.29, 0.717) is 12.5 Å². The van der Waals surface area contributed by atoms with Gasteiger partial charge in [0.1, 0.15) is 5.54 Å². The molecule has 0 aromatic carbocycles. The Balaban J connectivity index is 1.70. The largest absolute Gasteiger partial charge is 0.340 e. The summed E-state index contributed by atoms with van der Waals surface area (Å²) in [7, 11) is 1.88. The fourth-order valence-electron chi connectivity index (χ4n) is 2.97. The first kappa shape index (κ1) is 13.1. The molecule has 1 unspecified atom stereocenters. The van der Waals surface area contributed by atoms with Crippen molar-refractivity contribution in [3.63, 3.8) is 0 Å². The third-order valence-electron chi connectivity index (χ3n) is 4.42. The van der Waals surface area contributed by atoms with Crippen LogP contribution in [0.15, 0.2) is 12.3 Å². The monoisotopic (exact) mass is 276 g/mol. The van der Waals surface area contributed by atoms with Crippen molar-refractivity contribution in [3.05, 3.63) is 18.0 Å². The van der Waals surface area contributed by atoms with Crippen LogP contribution in [-0.4, -0.2) is 45.1 Å². The van der Waals surface area contributed by atoms with Gasteiger partial charge in [-0.05, 0) is 31.7 Å². The normalized spacial score (nSPS) is 26.8. The molecule has 1 saturated carbocycles. The van der Waals surface area contributed by atoms with Gasteiger partial charge >= 0.3 is 0 Å². The first-order valence-electron chi connectivity index (χ1n) is 7.08. The van der Waals surface area contributed by atoms with Gasteiger partial charge in [-0.25, -0.2) is 0 Å². The molecule has 1 aliphatic carbocycles. The molecule has 3 rings (SSSR count). The molecule has 1 aromatic rings. The number of nitrogens with zero attached hydrogens (tertiary/aromatic N) is 3. The summed E-state index contributed by atoms with van der Waals surface area (Å²) in [5, 5.41) is 7.01. The standard InChI is InChI=1S/C14H20N4O2/c1-14(10-3-4-10)13(20)18(9-12(19)16-14)8-6-11-5-7-15-17(11)2/h5,7,10H,3-4,6,8-9H2,1-2H3,(H,16,19). The van der Waals surface area contributed by atoms with Crippen molar-refractivity contribution in [2.24, 2.45) is 13.0 Å².